The van der Waals surface area contributed by atoms with Gasteiger partial charge in [-0.2, -0.15) is 0 Å². The van der Waals surface area contributed by atoms with Crippen LogP contribution in [0.4, 0.5) is 0 Å². The predicted octanol–water partition coefficient (Wildman–Crippen LogP) is 3.34. The number of benzene rings is 1. The molecule has 0 bridgehead atoms. The number of carboxylic acids is 1. The lowest BCUT2D eigenvalue weighted by molar-refractivity contribution is -0.885. The van der Waals surface area contributed by atoms with Gasteiger partial charge in [-0.25, -0.2) is 4.68 Å². The van der Waals surface area contributed by atoms with Crippen LogP contribution in [0.25, 0.3) is 5.57 Å². The highest BCUT2D eigenvalue weighted by Crippen LogP contribution is 2.31. The lowest BCUT2D eigenvalue weighted by Crippen LogP contribution is -2.42. The Morgan fingerprint density at radius 2 is 1.94 bits per heavy atom. The second-order valence-corrected chi connectivity index (χ2v) is 17.5. The van der Waals surface area contributed by atoms with Gasteiger partial charge in [0, 0.05) is 38.9 Å². The van der Waals surface area contributed by atoms with E-state index in [2.05, 4.69) is 79.6 Å². The van der Waals surface area contributed by atoms with E-state index in [-0.39, 0.29) is 6.73 Å². The number of aliphatic carboxylic acids is 1. The summed E-state index contributed by atoms with van der Waals surface area (Å²) >= 11 is 0. The summed E-state index contributed by atoms with van der Waals surface area (Å²) < 4.78 is 8.51. The van der Waals surface area contributed by atoms with Crippen LogP contribution in [0.1, 0.15) is 49.1 Å². The van der Waals surface area contributed by atoms with Crippen LogP contribution in [-0.2, 0) is 22.7 Å². The molecule has 2 heterocycles. The minimum absolute atomic E-state index is 0.219. The van der Waals surface area contributed by atoms with Crippen molar-refractivity contribution in [1.82, 2.24) is 20.2 Å². The number of hydrogen-bond donors (Lipinski definition) is 0. The SMILES string of the molecule is CCC[C@H](C(=O)[O-])[C@H](Cc1ccc(C2=CC[N+](C)(C)CC2)cc1)c1nnnn1COCC[Si](C)(C)C. The molecule has 0 fully saturated rings. The highest BCUT2D eigenvalue weighted by molar-refractivity contribution is 6.76. The monoisotopic (exact) mass is 513 g/mol. The Labute approximate surface area is 216 Å². The molecule has 1 aliphatic heterocycles. The lowest BCUT2D eigenvalue weighted by Gasteiger charge is -2.32. The third kappa shape index (κ3) is 8.08. The molecule has 1 aromatic heterocycles. The molecule has 0 radical (unpaired) electrons. The molecule has 1 aliphatic rings. The average Bonchev–Trinajstić information content (AvgIpc) is 3.27. The lowest BCUT2D eigenvalue weighted by atomic mass is 9.83. The number of carbonyl (C=O) groups excluding carboxylic acids is 1. The molecule has 1 aromatic carbocycles. The van der Waals surface area contributed by atoms with E-state index in [0.29, 0.717) is 25.3 Å². The van der Waals surface area contributed by atoms with Gasteiger partial charge in [-0.15, -0.1) is 5.10 Å². The van der Waals surface area contributed by atoms with Crippen LogP contribution in [0.5, 0.6) is 0 Å². The molecule has 36 heavy (non-hydrogen) atoms. The van der Waals surface area contributed by atoms with E-state index in [1.807, 2.05) is 6.92 Å². The smallest absolute Gasteiger partial charge is 0.158 e. The third-order valence-corrected chi connectivity index (χ3v) is 8.79. The molecule has 0 amide bonds. The Bertz CT molecular complexity index is 1030. The van der Waals surface area contributed by atoms with E-state index in [4.69, 9.17) is 4.74 Å². The van der Waals surface area contributed by atoms with E-state index in [1.165, 1.54) is 11.1 Å². The first-order valence-corrected chi connectivity index (χ1v) is 16.8. The number of tetrazole rings is 1. The Hall–Kier alpha value is -2.36. The van der Waals surface area contributed by atoms with Gasteiger partial charge in [0.25, 0.3) is 0 Å². The third-order valence-electron chi connectivity index (χ3n) is 7.09. The normalized spacial score (nSPS) is 17.4. The van der Waals surface area contributed by atoms with E-state index in [1.54, 1.807) is 4.68 Å². The molecule has 0 unspecified atom stereocenters. The van der Waals surface area contributed by atoms with Crippen molar-refractivity contribution in [2.24, 2.45) is 5.92 Å². The molecule has 8 nitrogen and oxygen atoms in total. The number of carboxylic acid groups (broad SMARTS) is 1. The van der Waals surface area contributed by atoms with Crippen molar-refractivity contribution in [2.45, 2.75) is 70.9 Å². The summed E-state index contributed by atoms with van der Waals surface area (Å²) in [5.41, 5.74) is 3.68. The van der Waals surface area contributed by atoms with Crippen molar-refractivity contribution < 1.29 is 19.1 Å². The van der Waals surface area contributed by atoms with Crippen LogP contribution in [0.2, 0.25) is 25.7 Å². The Kier molecular flexibility index (Phi) is 9.60. The quantitative estimate of drug-likeness (QED) is 0.232. The number of quaternary nitrogens is 1. The molecule has 0 N–H and O–H groups in total. The van der Waals surface area contributed by atoms with Gasteiger partial charge in [0.05, 0.1) is 27.2 Å². The van der Waals surface area contributed by atoms with Gasteiger partial charge >= 0.3 is 0 Å². The van der Waals surface area contributed by atoms with E-state index >= 15 is 0 Å². The zero-order chi connectivity index (χ0) is 26.3. The molecule has 198 valence electrons. The van der Waals surface area contributed by atoms with Crippen molar-refractivity contribution >= 4 is 19.6 Å². The van der Waals surface area contributed by atoms with Crippen molar-refractivity contribution in [3.8, 4) is 0 Å². The minimum atomic E-state index is -1.21. The number of ether oxygens (including phenoxy) is 1. The van der Waals surface area contributed by atoms with Crippen LogP contribution >= 0.6 is 0 Å². The Morgan fingerprint density at radius 3 is 2.53 bits per heavy atom. The van der Waals surface area contributed by atoms with Crippen LogP contribution in [0.15, 0.2) is 30.3 Å². The van der Waals surface area contributed by atoms with Gasteiger partial charge in [-0.05, 0) is 52.1 Å². The highest BCUT2D eigenvalue weighted by atomic mass is 28.3. The number of nitrogens with zero attached hydrogens (tertiary/aromatic N) is 5. The summed E-state index contributed by atoms with van der Waals surface area (Å²) in [6.07, 6.45) is 5.17. The molecule has 0 saturated heterocycles. The summed E-state index contributed by atoms with van der Waals surface area (Å²) in [5, 5.41) is 24.4. The molecular formula is C27H43N5O3Si. The molecule has 3 rings (SSSR count). The minimum Gasteiger partial charge on any atom is -0.550 e. The second kappa shape index (κ2) is 12.3. The van der Waals surface area contributed by atoms with Crippen LogP contribution in [0, 0.1) is 5.92 Å². The van der Waals surface area contributed by atoms with Crippen molar-refractivity contribution in [3.63, 3.8) is 0 Å². The summed E-state index contributed by atoms with van der Waals surface area (Å²) in [4.78, 5) is 12.2. The number of hydrogen-bond acceptors (Lipinski definition) is 6. The van der Waals surface area contributed by atoms with Crippen molar-refractivity contribution in [2.75, 3.05) is 33.8 Å². The van der Waals surface area contributed by atoms with Gasteiger partial charge in [0.2, 0.25) is 0 Å². The van der Waals surface area contributed by atoms with Gasteiger partial charge in [0.15, 0.2) is 5.82 Å². The largest absolute Gasteiger partial charge is 0.550 e. The summed E-state index contributed by atoms with van der Waals surface area (Å²) in [5.74, 6) is -1.59. The number of likely N-dealkylation sites (N-methyl/N-ethyl adjacent to an activating group) is 1. The van der Waals surface area contributed by atoms with Crippen LogP contribution in [0.3, 0.4) is 0 Å². The van der Waals surface area contributed by atoms with Crippen LogP contribution in [-0.4, -0.2) is 72.5 Å². The number of rotatable bonds is 13. The van der Waals surface area contributed by atoms with Gasteiger partial charge in [0.1, 0.15) is 6.73 Å². The van der Waals surface area contributed by atoms with Crippen LogP contribution < -0.4 is 5.11 Å². The zero-order valence-corrected chi connectivity index (χ0v) is 23.9. The average molecular weight is 514 g/mol. The first-order valence-electron chi connectivity index (χ1n) is 13.1. The maximum absolute atomic E-state index is 12.2. The zero-order valence-electron chi connectivity index (χ0n) is 22.9. The molecular weight excluding hydrogens is 470 g/mol. The fourth-order valence-electron chi connectivity index (χ4n) is 4.65. The number of carbonyl (C=O) groups is 1. The Balaban J connectivity index is 1.79. The molecule has 0 aliphatic carbocycles. The molecule has 0 saturated carbocycles. The van der Waals surface area contributed by atoms with Gasteiger partial charge in [-0.1, -0.05) is 57.3 Å². The summed E-state index contributed by atoms with van der Waals surface area (Å²) in [6, 6.07) is 9.56. The molecule has 2 atom stereocenters. The Morgan fingerprint density at radius 1 is 1.22 bits per heavy atom. The molecule has 9 heteroatoms. The number of aromatic nitrogens is 4. The fraction of sp³-hybridized carbons (Fsp3) is 0.630. The van der Waals surface area contributed by atoms with Crippen molar-refractivity contribution in [3.05, 3.63) is 47.3 Å². The fourth-order valence-corrected chi connectivity index (χ4v) is 5.41. The maximum Gasteiger partial charge on any atom is 0.158 e. The first-order chi connectivity index (χ1) is 17.0. The van der Waals surface area contributed by atoms with Gasteiger partial charge in [-0.3, -0.25) is 0 Å². The van der Waals surface area contributed by atoms with Gasteiger partial charge < -0.3 is 19.1 Å². The first kappa shape index (κ1) is 28.2. The maximum atomic E-state index is 12.2. The van der Waals surface area contributed by atoms with Crippen molar-refractivity contribution in [1.29, 1.82) is 0 Å². The van der Waals surface area contributed by atoms with E-state index < -0.39 is 25.9 Å². The predicted molar refractivity (Wildman–Crippen MR) is 143 cm³/mol. The molecule has 2 aromatic rings. The topological polar surface area (TPSA) is 93.0 Å². The summed E-state index contributed by atoms with van der Waals surface area (Å²) in [7, 11) is 3.30. The second-order valence-electron chi connectivity index (χ2n) is 11.9. The van der Waals surface area contributed by atoms with E-state index in [0.717, 1.165) is 42.0 Å². The molecule has 0 spiro atoms. The summed E-state index contributed by atoms with van der Waals surface area (Å²) in [6.45, 7) is 11.9. The standard InChI is InChI=1S/C27H43N5O3Si/c1-7-8-24(27(33)34)25(26-28-29-30-31(26)20-35-17-18-36(4,5)6)19-21-9-11-22(12-10-21)23-13-15-32(2,3)16-14-23/h9-13,24-25H,7-8,14-20H2,1-6H3/t24-,25-/m0/s1. The highest BCUT2D eigenvalue weighted by Gasteiger charge is 2.29. The van der Waals surface area contributed by atoms with E-state index in [9.17, 15) is 9.90 Å².